The van der Waals surface area contributed by atoms with E-state index < -0.39 is 0 Å². The van der Waals surface area contributed by atoms with E-state index in [4.69, 9.17) is 0 Å². The molecule has 0 spiro atoms. The van der Waals surface area contributed by atoms with Crippen molar-refractivity contribution in [2.75, 3.05) is 0 Å². The molecule has 0 unspecified atom stereocenters. The molecule has 0 amide bonds. The zero-order valence-electron chi connectivity index (χ0n) is 8.78. The second-order valence-corrected chi connectivity index (χ2v) is 6.18. The second kappa shape index (κ2) is 5.80. The first kappa shape index (κ1) is 12.2. The van der Waals surface area contributed by atoms with Gasteiger partial charge in [0, 0.05) is 4.32 Å². The Bertz CT molecular complexity index is 140. The number of alkyl halides is 1. The fourth-order valence-corrected chi connectivity index (χ4v) is 1.52. The monoisotopic (exact) mass is 232 g/mol. The highest BCUT2D eigenvalue weighted by Gasteiger charge is 2.10. The zero-order chi connectivity index (χ0) is 9.61. The summed E-state index contributed by atoms with van der Waals surface area (Å²) in [7, 11) is 0. The van der Waals surface area contributed by atoms with Crippen molar-refractivity contribution in [3.63, 3.8) is 0 Å². The summed E-state index contributed by atoms with van der Waals surface area (Å²) in [5.74, 6) is 0. The molecule has 0 bridgehead atoms. The van der Waals surface area contributed by atoms with Crippen LogP contribution in [0.1, 0.15) is 53.4 Å². The minimum Gasteiger partial charge on any atom is -0.0859 e. The van der Waals surface area contributed by atoms with Crippen LogP contribution in [0.4, 0.5) is 0 Å². The lowest BCUT2D eigenvalue weighted by atomic mass is 10.0. The molecule has 0 rings (SSSR count). The summed E-state index contributed by atoms with van der Waals surface area (Å²) >= 11 is 3.65. The number of halogens is 1. The quantitative estimate of drug-likeness (QED) is 0.477. The Kier molecular flexibility index (Phi) is 5.90. The Balaban J connectivity index is 3.50. The highest BCUT2D eigenvalue weighted by molar-refractivity contribution is 9.10. The van der Waals surface area contributed by atoms with E-state index in [2.05, 4.69) is 49.7 Å². The number of rotatable bonds is 5. The third-order valence-electron chi connectivity index (χ3n) is 1.89. The van der Waals surface area contributed by atoms with Crippen LogP contribution < -0.4 is 0 Å². The van der Waals surface area contributed by atoms with Gasteiger partial charge in [-0.1, -0.05) is 48.4 Å². The number of allylic oxidation sites excluding steroid dienone is 2. The topological polar surface area (TPSA) is 0 Å². The van der Waals surface area contributed by atoms with Crippen LogP contribution in [0.3, 0.4) is 0 Å². The van der Waals surface area contributed by atoms with E-state index in [0.717, 1.165) is 0 Å². The van der Waals surface area contributed by atoms with Crippen molar-refractivity contribution < 1.29 is 0 Å². The molecule has 0 aliphatic heterocycles. The van der Waals surface area contributed by atoms with Gasteiger partial charge >= 0.3 is 0 Å². The molecule has 0 saturated carbocycles. The Morgan fingerprint density at radius 1 is 1.42 bits per heavy atom. The van der Waals surface area contributed by atoms with Gasteiger partial charge in [-0.15, -0.1) is 0 Å². The summed E-state index contributed by atoms with van der Waals surface area (Å²) < 4.78 is 0.319. The average molecular weight is 233 g/mol. The van der Waals surface area contributed by atoms with Crippen LogP contribution >= 0.6 is 15.9 Å². The first-order valence-corrected chi connectivity index (χ1v) is 5.59. The van der Waals surface area contributed by atoms with Gasteiger partial charge in [-0.2, -0.15) is 0 Å². The van der Waals surface area contributed by atoms with Crippen LogP contribution in [0, 0.1) is 0 Å². The lowest BCUT2D eigenvalue weighted by Crippen LogP contribution is -2.08. The van der Waals surface area contributed by atoms with Gasteiger partial charge < -0.3 is 0 Å². The molecule has 0 aliphatic rings. The lowest BCUT2D eigenvalue weighted by molar-refractivity contribution is 0.610. The van der Waals surface area contributed by atoms with Gasteiger partial charge in [-0.3, -0.25) is 0 Å². The molecular weight excluding hydrogens is 212 g/mol. The highest BCUT2D eigenvalue weighted by Crippen LogP contribution is 2.24. The van der Waals surface area contributed by atoms with E-state index in [-0.39, 0.29) is 0 Å². The maximum Gasteiger partial charge on any atom is 0.0201 e. The first-order valence-electron chi connectivity index (χ1n) is 4.80. The molecule has 0 aromatic carbocycles. The van der Waals surface area contributed by atoms with Gasteiger partial charge in [-0.25, -0.2) is 0 Å². The fourth-order valence-electron chi connectivity index (χ4n) is 1.24. The van der Waals surface area contributed by atoms with E-state index in [1.165, 1.54) is 31.3 Å². The standard InChI is InChI=1S/C11H21Br/c1-5-7-10(2)8-6-9-11(3,4)12/h7H,5-6,8-9H2,1-4H3. The van der Waals surface area contributed by atoms with Crippen molar-refractivity contribution in [1.82, 2.24) is 0 Å². The summed E-state index contributed by atoms with van der Waals surface area (Å²) in [5, 5.41) is 0. The van der Waals surface area contributed by atoms with E-state index >= 15 is 0 Å². The summed E-state index contributed by atoms with van der Waals surface area (Å²) in [6.45, 7) is 8.88. The van der Waals surface area contributed by atoms with Gasteiger partial charge in [0.05, 0.1) is 0 Å². The maximum absolute atomic E-state index is 3.65. The van der Waals surface area contributed by atoms with E-state index in [9.17, 15) is 0 Å². The van der Waals surface area contributed by atoms with Crippen molar-refractivity contribution in [3.8, 4) is 0 Å². The van der Waals surface area contributed by atoms with Gasteiger partial charge in [-0.05, 0) is 32.6 Å². The van der Waals surface area contributed by atoms with Gasteiger partial charge in [0.15, 0.2) is 0 Å². The molecule has 0 aromatic rings. The fraction of sp³-hybridized carbons (Fsp3) is 0.818. The largest absolute Gasteiger partial charge is 0.0859 e. The summed E-state index contributed by atoms with van der Waals surface area (Å²) in [5.41, 5.74) is 1.54. The third-order valence-corrected chi connectivity index (χ3v) is 2.29. The Labute approximate surface area is 85.6 Å². The van der Waals surface area contributed by atoms with E-state index in [1.54, 1.807) is 0 Å². The minimum absolute atomic E-state index is 0.319. The molecule has 0 aliphatic carbocycles. The second-order valence-electron chi connectivity index (χ2n) is 4.03. The molecule has 72 valence electrons. The van der Waals surface area contributed by atoms with Crippen molar-refractivity contribution in [2.24, 2.45) is 0 Å². The first-order chi connectivity index (χ1) is 5.45. The van der Waals surface area contributed by atoms with E-state index in [0.29, 0.717) is 4.32 Å². The van der Waals surface area contributed by atoms with E-state index in [1.807, 2.05) is 0 Å². The van der Waals surface area contributed by atoms with Crippen molar-refractivity contribution in [1.29, 1.82) is 0 Å². The van der Waals surface area contributed by atoms with Crippen LogP contribution in [0.25, 0.3) is 0 Å². The van der Waals surface area contributed by atoms with Crippen LogP contribution in [0.5, 0.6) is 0 Å². The van der Waals surface area contributed by atoms with Crippen molar-refractivity contribution in [2.45, 2.75) is 57.7 Å². The SMILES string of the molecule is CCC=C(C)CCCC(C)(C)Br. The van der Waals surface area contributed by atoms with Crippen LogP contribution in [-0.4, -0.2) is 4.32 Å². The van der Waals surface area contributed by atoms with Crippen LogP contribution in [0.2, 0.25) is 0 Å². The van der Waals surface area contributed by atoms with Gasteiger partial charge in [0.25, 0.3) is 0 Å². The van der Waals surface area contributed by atoms with Gasteiger partial charge in [0.2, 0.25) is 0 Å². The lowest BCUT2D eigenvalue weighted by Gasteiger charge is -2.15. The highest BCUT2D eigenvalue weighted by atomic mass is 79.9. The molecule has 0 N–H and O–H groups in total. The van der Waals surface area contributed by atoms with Crippen LogP contribution in [-0.2, 0) is 0 Å². The maximum atomic E-state index is 3.65. The Hall–Kier alpha value is 0.220. The molecule has 0 radical (unpaired) electrons. The average Bonchev–Trinajstić information content (AvgIpc) is 1.84. The summed E-state index contributed by atoms with van der Waals surface area (Å²) in [4.78, 5) is 0. The third kappa shape index (κ3) is 8.32. The zero-order valence-corrected chi connectivity index (χ0v) is 10.4. The minimum atomic E-state index is 0.319. The molecule has 0 fully saturated rings. The predicted octanol–water partition coefficient (Wildman–Crippen LogP) is 4.69. The number of hydrogen-bond donors (Lipinski definition) is 0. The number of hydrogen-bond acceptors (Lipinski definition) is 0. The molecule has 12 heavy (non-hydrogen) atoms. The van der Waals surface area contributed by atoms with Crippen LogP contribution in [0.15, 0.2) is 11.6 Å². The van der Waals surface area contributed by atoms with Gasteiger partial charge in [0.1, 0.15) is 0 Å². The molecule has 0 saturated heterocycles. The molecule has 0 aromatic heterocycles. The van der Waals surface area contributed by atoms with Crippen molar-refractivity contribution >= 4 is 15.9 Å². The molecule has 0 nitrogen and oxygen atoms in total. The molecular formula is C11H21Br. The molecule has 1 heteroatoms. The Morgan fingerprint density at radius 3 is 2.42 bits per heavy atom. The smallest absolute Gasteiger partial charge is 0.0201 e. The summed E-state index contributed by atoms with van der Waals surface area (Å²) in [6.07, 6.45) is 7.29. The molecule has 0 heterocycles. The van der Waals surface area contributed by atoms with Crippen molar-refractivity contribution in [3.05, 3.63) is 11.6 Å². The Morgan fingerprint density at radius 2 is 2.00 bits per heavy atom. The normalized spacial score (nSPS) is 13.6. The molecule has 0 atom stereocenters. The predicted molar refractivity (Wildman–Crippen MR) is 60.9 cm³/mol. The summed E-state index contributed by atoms with van der Waals surface area (Å²) in [6, 6.07) is 0.